The van der Waals surface area contributed by atoms with E-state index in [0.29, 0.717) is 61.5 Å². The molecule has 0 spiro atoms. The highest BCUT2D eigenvalue weighted by Gasteiger charge is 2.33. The predicted octanol–water partition coefficient (Wildman–Crippen LogP) is 4.92. The molecule has 1 fully saturated rings. The number of primary amides is 1. The number of urea groups is 1. The molecule has 0 saturated heterocycles. The molecule has 11 N–H and O–H groups in total. The van der Waals surface area contributed by atoms with Gasteiger partial charge in [0.15, 0.2) is 5.82 Å². The molecule has 30 heteroatoms. The fourth-order valence-corrected chi connectivity index (χ4v) is 9.64. The first-order valence-corrected chi connectivity index (χ1v) is 31.0. The van der Waals surface area contributed by atoms with Crippen LogP contribution < -0.4 is 53.4 Å². The first-order chi connectivity index (χ1) is 43.3. The molecule has 0 aliphatic heterocycles. The van der Waals surface area contributed by atoms with Crippen molar-refractivity contribution in [2.24, 2.45) is 28.6 Å². The molecule has 0 radical (unpaired) electrons. The Morgan fingerprint density at radius 1 is 0.767 bits per heavy atom. The zero-order chi connectivity index (χ0) is 65.6. The highest BCUT2D eigenvalue weighted by atomic mass is 16.6. The second-order valence-corrected chi connectivity index (χ2v) is 22.4. The van der Waals surface area contributed by atoms with Crippen molar-refractivity contribution in [3.8, 4) is 5.88 Å². The van der Waals surface area contributed by atoms with Crippen LogP contribution in [0.3, 0.4) is 0 Å². The van der Waals surface area contributed by atoms with E-state index in [1.54, 1.807) is 38.1 Å². The third-order valence-corrected chi connectivity index (χ3v) is 14.4. The van der Waals surface area contributed by atoms with Gasteiger partial charge >= 0.3 is 18.1 Å². The number of carbonyl (C=O) groups is 8. The van der Waals surface area contributed by atoms with E-state index in [1.807, 2.05) is 13.8 Å². The number of nitrogens with one attached hydrogen (secondary N) is 7. The number of rotatable bonds is 44. The molecule has 498 valence electrons. The van der Waals surface area contributed by atoms with E-state index in [4.69, 9.17) is 50.4 Å². The summed E-state index contributed by atoms with van der Waals surface area (Å²) in [5.41, 5.74) is 22.2. The molecule has 1 aromatic carbocycles. The number of amides is 8. The van der Waals surface area contributed by atoms with Crippen molar-refractivity contribution in [3.05, 3.63) is 58.8 Å². The van der Waals surface area contributed by atoms with Gasteiger partial charge in [-0.3, -0.25) is 28.8 Å². The second kappa shape index (κ2) is 41.8. The molecule has 1 aliphatic carbocycles. The topological polar surface area (TPSA) is 421 Å². The van der Waals surface area contributed by atoms with Gasteiger partial charge in [-0.15, -0.1) is 10.2 Å². The molecule has 1 aliphatic rings. The van der Waals surface area contributed by atoms with Crippen LogP contribution in [-0.2, 0) is 72.0 Å². The van der Waals surface area contributed by atoms with Gasteiger partial charge in [0.05, 0.1) is 45.7 Å². The standard InChI is InChI=1S/C60H94N16O14/c1-7-9-13-47-71-52-53(58(90-40(5)6)74-73-54(52)61)76(47)37-42-18-16-41(17-19-42)36-66-60(84)89-38-43-20-22-44(23-21-43)68-55(80)45(12-11-26-65-59(62)83)70-57(82)51(39(3)4)72-56(81)46(24-25-50(79)88-29-8-2)69-49(78)15-10-14-48(77)64-27-30-85-32-34-87-35-33-86-31-28-67-75-63/h8,20-23,39-42,45-46,51H,2,7,9-19,24-38H2,1,3-6H3,(H2,61,73)(H,64,77)(H,66,84)(H,68,80)(H,69,78)(H,70,82)(H,72,81)(H3,62,65,83)/t41-,42-,45-,46-,51-/m0/s1. The summed E-state index contributed by atoms with van der Waals surface area (Å²) in [7, 11) is 0. The Morgan fingerprint density at radius 3 is 2.11 bits per heavy atom. The maximum atomic E-state index is 14.1. The number of azide groups is 1. The number of unbranched alkanes of at least 4 members (excludes halogenated alkanes) is 1. The molecule has 4 rings (SSSR count). The number of carbonyl (C=O) groups excluding carboxylic acids is 8. The molecule has 90 heavy (non-hydrogen) atoms. The van der Waals surface area contributed by atoms with Crippen LogP contribution in [0.4, 0.5) is 21.1 Å². The van der Waals surface area contributed by atoms with Crippen molar-refractivity contribution in [1.82, 2.24) is 51.6 Å². The zero-order valence-electron chi connectivity index (χ0n) is 52.7. The summed E-state index contributed by atoms with van der Waals surface area (Å²) in [6, 6.07) is 2.09. The summed E-state index contributed by atoms with van der Waals surface area (Å²) in [6.07, 6.45) is 7.02. The monoisotopic (exact) mass is 1260 g/mol. The number of imidazole rings is 1. The van der Waals surface area contributed by atoms with Crippen LogP contribution >= 0.6 is 0 Å². The van der Waals surface area contributed by atoms with Crippen LogP contribution in [0.2, 0.25) is 0 Å². The molecule has 0 bridgehead atoms. The lowest BCUT2D eigenvalue weighted by molar-refractivity contribution is -0.143. The lowest BCUT2D eigenvalue weighted by Gasteiger charge is -2.29. The molecular weight excluding hydrogens is 1170 g/mol. The Balaban J connectivity index is 1.26. The van der Waals surface area contributed by atoms with Crippen molar-refractivity contribution in [1.29, 1.82) is 0 Å². The highest BCUT2D eigenvalue weighted by molar-refractivity contribution is 5.99. The fourth-order valence-electron chi connectivity index (χ4n) is 9.64. The molecule has 0 unspecified atom stereocenters. The predicted molar refractivity (Wildman–Crippen MR) is 334 cm³/mol. The molecule has 2 aromatic heterocycles. The van der Waals surface area contributed by atoms with Gasteiger partial charge in [0.1, 0.15) is 48.2 Å². The number of nitrogens with two attached hydrogens (primary N) is 2. The maximum Gasteiger partial charge on any atom is 0.407 e. The molecule has 3 atom stereocenters. The van der Waals surface area contributed by atoms with Crippen molar-refractivity contribution in [2.75, 3.05) is 83.5 Å². The number of aryl methyl sites for hydroxylation is 1. The number of esters is 1. The summed E-state index contributed by atoms with van der Waals surface area (Å²) in [6.45, 7) is 16.3. The van der Waals surface area contributed by atoms with Gasteiger partial charge in [0.2, 0.25) is 29.5 Å². The van der Waals surface area contributed by atoms with Gasteiger partial charge in [-0.25, -0.2) is 14.6 Å². The number of benzene rings is 1. The molecule has 3 aromatic rings. The van der Waals surface area contributed by atoms with Crippen molar-refractivity contribution in [2.45, 2.75) is 162 Å². The average molecular weight is 1260 g/mol. The number of aromatic nitrogens is 4. The van der Waals surface area contributed by atoms with Crippen LogP contribution in [0.25, 0.3) is 21.5 Å². The largest absolute Gasteiger partial charge is 0.472 e. The third kappa shape index (κ3) is 28.4. The number of hydrogen-bond acceptors (Lipinski definition) is 19. The Hall–Kier alpha value is -8.34. The van der Waals surface area contributed by atoms with E-state index >= 15 is 0 Å². The van der Waals surface area contributed by atoms with E-state index in [1.165, 1.54) is 6.08 Å². The molecule has 8 amide bonds. The van der Waals surface area contributed by atoms with Crippen LogP contribution in [0, 0.1) is 17.8 Å². The molecule has 1 saturated carbocycles. The Morgan fingerprint density at radius 2 is 1.44 bits per heavy atom. The van der Waals surface area contributed by atoms with E-state index in [0.717, 1.165) is 62.8 Å². The minimum atomic E-state index is -1.31. The number of ether oxygens (including phenoxy) is 6. The maximum absolute atomic E-state index is 14.1. The van der Waals surface area contributed by atoms with Gasteiger partial charge in [-0.2, -0.15) is 0 Å². The molecule has 30 nitrogen and oxygen atoms in total. The third-order valence-electron chi connectivity index (χ3n) is 14.4. The lowest BCUT2D eigenvalue weighted by Crippen LogP contribution is -2.57. The summed E-state index contributed by atoms with van der Waals surface area (Å²) < 4.78 is 35.0. The Bertz CT molecular complexity index is 2810. The highest BCUT2D eigenvalue weighted by Crippen LogP contribution is 2.34. The summed E-state index contributed by atoms with van der Waals surface area (Å²) >= 11 is 0. The summed E-state index contributed by atoms with van der Waals surface area (Å²) in [4.78, 5) is 112. The Kier molecular flexibility index (Phi) is 34.4. The minimum Gasteiger partial charge on any atom is -0.472 e. The minimum absolute atomic E-state index is 0.00655. The van der Waals surface area contributed by atoms with E-state index in [-0.39, 0.29) is 115 Å². The second-order valence-electron chi connectivity index (χ2n) is 22.4. The molecular formula is C60H94N16O14. The lowest BCUT2D eigenvalue weighted by atomic mass is 9.82. The van der Waals surface area contributed by atoms with Crippen molar-refractivity contribution in [3.63, 3.8) is 0 Å². The van der Waals surface area contributed by atoms with Gasteiger partial charge < -0.3 is 81.7 Å². The number of anilines is 2. The van der Waals surface area contributed by atoms with Crippen molar-refractivity contribution >= 4 is 70.2 Å². The van der Waals surface area contributed by atoms with Gasteiger partial charge in [-0.1, -0.05) is 57.1 Å². The van der Waals surface area contributed by atoms with Gasteiger partial charge in [0.25, 0.3) is 5.88 Å². The van der Waals surface area contributed by atoms with E-state index < -0.39 is 65.8 Å². The van der Waals surface area contributed by atoms with Crippen molar-refractivity contribution < 1.29 is 66.8 Å². The summed E-state index contributed by atoms with van der Waals surface area (Å²) in [5, 5.41) is 30.7. The van der Waals surface area contributed by atoms with Crippen LogP contribution in [-0.4, -0.2) is 164 Å². The summed E-state index contributed by atoms with van der Waals surface area (Å²) in [5.74, 6) is -1.96. The SMILES string of the molecule is C=CCOC(=O)CC[C@H](NC(=O)CCCC(=O)NCCOCCOCCOCCN=[N+]=[N-])C(=O)N[C@H](C(=O)N[C@@H](CCCNC(N)=O)C(=O)Nc1ccc(COC(=O)NC[C@H]2CC[C@H](Cn3c(CCCC)nc4c(N)nnc(OC(C)C)c43)CC2)cc1)C(C)C. The quantitative estimate of drug-likeness (QED) is 0.00905. The number of nitrogen functional groups attached to an aromatic ring is 1. The number of hydrogen-bond donors (Lipinski definition) is 9. The first kappa shape index (κ1) is 74.1. The number of alkyl carbamates (subject to hydrolysis) is 1. The van der Waals surface area contributed by atoms with Crippen LogP contribution in [0.15, 0.2) is 42.0 Å². The average Bonchev–Trinajstić information content (AvgIpc) is 1.68. The van der Waals surface area contributed by atoms with E-state index in [2.05, 4.69) is 75.5 Å². The fraction of sp³-hybridized carbons (Fsp3) is 0.650. The number of fused-ring (bicyclic) bond motifs is 1. The van der Waals surface area contributed by atoms with Crippen LogP contribution in [0.5, 0.6) is 5.88 Å². The van der Waals surface area contributed by atoms with E-state index in [9.17, 15) is 38.4 Å². The smallest absolute Gasteiger partial charge is 0.407 e. The van der Waals surface area contributed by atoms with Crippen LogP contribution in [0.1, 0.15) is 129 Å². The van der Waals surface area contributed by atoms with Gasteiger partial charge in [0, 0.05) is 69.0 Å². The normalized spacial score (nSPS) is 14.7. The zero-order valence-corrected chi connectivity index (χ0v) is 52.7. The first-order valence-electron chi connectivity index (χ1n) is 31.0. The molecule has 2 heterocycles. The Labute approximate surface area is 525 Å². The number of nitrogens with zero attached hydrogens (tertiary/aromatic N) is 7. The van der Waals surface area contributed by atoms with Gasteiger partial charge in [-0.05, 0) is 113 Å².